The first-order chi connectivity index (χ1) is 12.0. The zero-order valence-corrected chi connectivity index (χ0v) is 14.9. The van der Waals surface area contributed by atoms with Gasteiger partial charge in [0, 0.05) is 11.8 Å². The summed E-state index contributed by atoms with van der Waals surface area (Å²) in [6, 6.07) is 18.6. The molecule has 1 aliphatic heterocycles. The zero-order chi connectivity index (χ0) is 17.9. The number of Topliss-reactive ketones (excluding diaryl/α,β-unsaturated/α-hetero) is 1. The fraction of sp³-hybridized carbons (Fsp3) is 0.364. The Morgan fingerprint density at radius 2 is 1.68 bits per heavy atom. The summed E-state index contributed by atoms with van der Waals surface area (Å²) in [6.45, 7) is 3.97. The molecule has 1 aliphatic rings. The molecule has 1 fully saturated rings. The molecule has 0 aromatic heterocycles. The van der Waals surface area contributed by atoms with Crippen molar-refractivity contribution in [3.05, 3.63) is 60.2 Å². The van der Waals surface area contributed by atoms with Crippen molar-refractivity contribution < 1.29 is 9.59 Å². The zero-order valence-electron chi connectivity index (χ0n) is 14.9. The second-order valence-electron chi connectivity index (χ2n) is 7.47. The van der Waals surface area contributed by atoms with Gasteiger partial charge in [-0.2, -0.15) is 0 Å². The van der Waals surface area contributed by atoms with Crippen LogP contribution in [0.25, 0.3) is 11.1 Å². The number of nitrogens with one attached hydrogen (secondary N) is 1. The average Bonchev–Trinajstić information content (AvgIpc) is 3.07. The number of hydrogen-bond donors (Lipinski definition) is 1. The number of hydrogen-bond acceptors (Lipinski definition) is 2. The lowest BCUT2D eigenvalue weighted by atomic mass is 9.79. The van der Waals surface area contributed by atoms with Gasteiger partial charge in [0.1, 0.15) is 0 Å². The average molecular weight is 335 g/mol. The molecule has 0 saturated carbocycles. The van der Waals surface area contributed by atoms with Gasteiger partial charge in [0.25, 0.3) is 0 Å². The van der Waals surface area contributed by atoms with Gasteiger partial charge in [-0.05, 0) is 36.0 Å². The van der Waals surface area contributed by atoms with E-state index in [2.05, 4.69) is 41.7 Å². The largest absolute Gasteiger partial charge is 0.346 e. The highest BCUT2D eigenvalue weighted by atomic mass is 16.2. The molecule has 3 heteroatoms. The molecule has 1 N–H and O–H groups in total. The van der Waals surface area contributed by atoms with E-state index in [-0.39, 0.29) is 17.7 Å². The van der Waals surface area contributed by atoms with Crippen molar-refractivity contribution in [2.24, 2.45) is 5.41 Å². The summed E-state index contributed by atoms with van der Waals surface area (Å²) in [5.41, 5.74) is 3.21. The molecule has 2 aromatic carbocycles. The second kappa shape index (κ2) is 7.22. The van der Waals surface area contributed by atoms with Crippen molar-refractivity contribution in [2.45, 2.75) is 45.6 Å². The third kappa shape index (κ3) is 4.16. The first kappa shape index (κ1) is 17.4. The van der Waals surface area contributed by atoms with Crippen LogP contribution in [0.5, 0.6) is 0 Å². The van der Waals surface area contributed by atoms with Gasteiger partial charge in [0.05, 0.1) is 6.04 Å². The van der Waals surface area contributed by atoms with Crippen LogP contribution in [-0.2, 0) is 16.0 Å². The van der Waals surface area contributed by atoms with Crippen molar-refractivity contribution in [3.63, 3.8) is 0 Å². The molecule has 1 atom stereocenters. The number of benzene rings is 2. The molecule has 2 aromatic rings. The second-order valence-corrected chi connectivity index (χ2v) is 7.47. The third-order valence-corrected chi connectivity index (χ3v) is 5.08. The molecule has 1 saturated heterocycles. The van der Waals surface area contributed by atoms with Crippen molar-refractivity contribution >= 4 is 11.7 Å². The first-order valence-corrected chi connectivity index (χ1v) is 8.94. The molecule has 0 bridgehead atoms. The molecule has 130 valence electrons. The van der Waals surface area contributed by atoms with E-state index in [1.54, 1.807) is 0 Å². The number of carbonyl (C=O) groups excluding carboxylic acids is 2. The van der Waals surface area contributed by atoms with Crippen LogP contribution in [0, 0.1) is 5.41 Å². The number of amides is 1. The van der Waals surface area contributed by atoms with Crippen LogP contribution < -0.4 is 5.32 Å². The van der Waals surface area contributed by atoms with E-state index >= 15 is 0 Å². The maximum Gasteiger partial charge on any atom is 0.220 e. The highest BCUT2D eigenvalue weighted by Crippen LogP contribution is 2.28. The summed E-state index contributed by atoms with van der Waals surface area (Å²) in [5, 5.41) is 2.80. The lowest BCUT2D eigenvalue weighted by molar-refractivity contribution is -0.130. The number of aryl methyl sites for hydroxylation is 1. The lowest BCUT2D eigenvalue weighted by Crippen LogP contribution is -2.41. The van der Waals surface area contributed by atoms with Gasteiger partial charge in [0.2, 0.25) is 5.91 Å². The first-order valence-electron chi connectivity index (χ1n) is 8.94. The van der Waals surface area contributed by atoms with E-state index in [0.717, 1.165) is 12.8 Å². The molecule has 3 nitrogen and oxygen atoms in total. The van der Waals surface area contributed by atoms with E-state index in [1.165, 1.54) is 16.7 Å². The van der Waals surface area contributed by atoms with E-state index < -0.39 is 5.41 Å². The van der Waals surface area contributed by atoms with Crippen molar-refractivity contribution in [2.75, 3.05) is 0 Å². The number of ketones is 1. The van der Waals surface area contributed by atoms with Crippen LogP contribution in [0.3, 0.4) is 0 Å². The molecule has 1 heterocycles. The minimum Gasteiger partial charge on any atom is -0.346 e. The van der Waals surface area contributed by atoms with Crippen molar-refractivity contribution in [3.8, 4) is 11.1 Å². The third-order valence-electron chi connectivity index (χ3n) is 5.08. The van der Waals surface area contributed by atoms with Gasteiger partial charge in [-0.3, -0.25) is 9.59 Å². The lowest BCUT2D eigenvalue weighted by Gasteiger charge is -2.26. The van der Waals surface area contributed by atoms with Crippen LogP contribution in [0.2, 0.25) is 0 Å². The molecule has 0 aliphatic carbocycles. The summed E-state index contributed by atoms with van der Waals surface area (Å²) in [4.78, 5) is 24.0. The normalized spacial score (nSPS) is 17.4. The van der Waals surface area contributed by atoms with Gasteiger partial charge < -0.3 is 5.32 Å². The predicted molar refractivity (Wildman–Crippen MR) is 100 cm³/mol. The SMILES string of the molecule is CC(C)(CCc1ccc(-c2ccccc2)cc1)C(=O)C1CCC(=O)N1. The predicted octanol–water partition coefficient (Wildman–Crippen LogP) is 4.16. The summed E-state index contributed by atoms with van der Waals surface area (Å²) in [5.74, 6) is 0.143. The Balaban J connectivity index is 1.61. The Morgan fingerprint density at radius 1 is 1.04 bits per heavy atom. The molecule has 25 heavy (non-hydrogen) atoms. The Labute approximate surface area is 149 Å². The topological polar surface area (TPSA) is 46.2 Å². The van der Waals surface area contributed by atoms with Crippen LogP contribution in [0.4, 0.5) is 0 Å². The fourth-order valence-corrected chi connectivity index (χ4v) is 3.36. The minimum absolute atomic E-state index is 0.00866. The number of rotatable bonds is 6. The monoisotopic (exact) mass is 335 g/mol. The van der Waals surface area contributed by atoms with E-state index in [9.17, 15) is 9.59 Å². The van der Waals surface area contributed by atoms with Crippen molar-refractivity contribution in [1.82, 2.24) is 5.32 Å². The van der Waals surface area contributed by atoms with E-state index in [4.69, 9.17) is 0 Å². The van der Waals surface area contributed by atoms with Gasteiger partial charge in [-0.1, -0.05) is 68.4 Å². The Bertz CT molecular complexity index is 747. The Hall–Kier alpha value is -2.42. The smallest absolute Gasteiger partial charge is 0.220 e. The maximum atomic E-state index is 12.7. The van der Waals surface area contributed by atoms with E-state index in [1.807, 2.05) is 32.0 Å². The molecular formula is C22H25NO2. The van der Waals surface area contributed by atoms with Gasteiger partial charge >= 0.3 is 0 Å². The van der Waals surface area contributed by atoms with Crippen LogP contribution in [-0.4, -0.2) is 17.7 Å². The van der Waals surface area contributed by atoms with Crippen LogP contribution in [0.1, 0.15) is 38.7 Å². The number of carbonyl (C=O) groups is 2. The summed E-state index contributed by atoms with van der Waals surface area (Å²) in [7, 11) is 0. The standard InChI is InChI=1S/C22H25NO2/c1-22(2,21(25)19-12-13-20(24)23-19)15-14-16-8-10-18(11-9-16)17-6-4-3-5-7-17/h3-11,19H,12-15H2,1-2H3,(H,23,24). The van der Waals surface area contributed by atoms with Gasteiger partial charge in [-0.25, -0.2) is 0 Å². The quantitative estimate of drug-likeness (QED) is 0.861. The molecule has 0 spiro atoms. The van der Waals surface area contributed by atoms with Crippen LogP contribution in [0.15, 0.2) is 54.6 Å². The highest BCUT2D eigenvalue weighted by Gasteiger charge is 2.36. The van der Waals surface area contributed by atoms with E-state index in [0.29, 0.717) is 12.8 Å². The minimum atomic E-state index is -0.430. The Kier molecular flexibility index (Phi) is 5.03. The summed E-state index contributed by atoms with van der Waals surface area (Å²) >= 11 is 0. The molecular weight excluding hydrogens is 310 g/mol. The maximum absolute atomic E-state index is 12.7. The van der Waals surface area contributed by atoms with Crippen LogP contribution >= 0.6 is 0 Å². The summed E-state index contributed by atoms with van der Waals surface area (Å²) < 4.78 is 0. The van der Waals surface area contributed by atoms with Crippen molar-refractivity contribution in [1.29, 1.82) is 0 Å². The summed E-state index contributed by atoms with van der Waals surface area (Å²) in [6.07, 6.45) is 2.73. The molecule has 0 radical (unpaired) electrons. The molecule has 1 unspecified atom stereocenters. The highest BCUT2D eigenvalue weighted by molar-refractivity contribution is 5.95. The van der Waals surface area contributed by atoms with Gasteiger partial charge in [0.15, 0.2) is 5.78 Å². The molecule has 3 rings (SSSR count). The Morgan fingerprint density at radius 3 is 2.28 bits per heavy atom. The molecule has 1 amide bonds. The van der Waals surface area contributed by atoms with Gasteiger partial charge in [-0.15, -0.1) is 0 Å². The fourth-order valence-electron chi connectivity index (χ4n) is 3.36.